The van der Waals surface area contributed by atoms with Gasteiger partial charge in [-0.05, 0) is 54.5 Å². The van der Waals surface area contributed by atoms with Crippen LogP contribution < -0.4 is 11.0 Å². The number of benzene rings is 1. The van der Waals surface area contributed by atoms with Gasteiger partial charge in [-0.2, -0.15) is 4.98 Å². The Labute approximate surface area is 218 Å². The van der Waals surface area contributed by atoms with E-state index in [1.165, 1.54) is 0 Å². The van der Waals surface area contributed by atoms with E-state index in [1.54, 1.807) is 16.8 Å². The van der Waals surface area contributed by atoms with Crippen LogP contribution in [0.5, 0.6) is 0 Å². The Bertz CT molecular complexity index is 1070. The van der Waals surface area contributed by atoms with E-state index in [4.69, 9.17) is 13.6 Å². The zero-order valence-corrected chi connectivity index (χ0v) is 25.7. The van der Waals surface area contributed by atoms with Gasteiger partial charge in [0.1, 0.15) is 5.82 Å². The van der Waals surface area contributed by atoms with Crippen LogP contribution in [0.1, 0.15) is 54.2 Å². The molecule has 1 fully saturated rings. The van der Waals surface area contributed by atoms with Crippen LogP contribution in [-0.2, 0) is 13.6 Å². The van der Waals surface area contributed by atoms with Crippen molar-refractivity contribution in [3.63, 3.8) is 0 Å². The Balaban J connectivity index is 1.84. The van der Waals surface area contributed by atoms with Gasteiger partial charge in [-0.25, -0.2) is 4.79 Å². The summed E-state index contributed by atoms with van der Waals surface area (Å²) in [5, 5.41) is 3.34. The molecule has 0 spiro atoms. The van der Waals surface area contributed by atoms with E-state index in [1.807, 2.05) is 30.3 Å². The molecule has 9 heteroatoms. The standard InChI is InChI=1S/C27H45N3O4Si2/c1-26(2,3)35(7,8)32-19-21-18-22(34-36(9,10)27(4,5)6)24(33-21)30-17-16-23(29-25(30)31)28-20-14-12-11-13-15-20/h11-17,21-22,24H,18-19H2,1-10H3,(H,28,29,31)/t21-,22-,24-/m1/s1. The number of para-hydroxylation sites is 1. The second-order valence-electron chi connectivity index (χ2n) is 12.9. The molecular weight excluding hydrogens is 486 g/mol. The lowest BCUT2D eigenvalue weighted by molar-refractivity contribution is -0.0486. The van der Waals surface area contributed by atoms with E-state index in [0.29, 0.717) is 18.8 Å². The predicted molar refractivity (Wildman–Crippen MR) is 152 cm³/mol. The Kier molecular flexibility index (Phi) is 8.42. The van der Waals surface area contributed by atoms with Crippen LogP contribution in [0.15, 0.2) is 47.4 Å². The lowest BCUT2D eigenvalue weighted by atomic mass is 10.2. The molecule has 2 aromatic rings. The van der Waals surface area contributed by atoms with Gasteiger partial charge in [0, 0.05) is 18.3 Å². The van der Waals surface area contributed by atoms with Gasteiger partial charge < -0.3 is 18.9 Å². The first kappa shape index (κ1) is 28.8. The Morgan fingerprint density at radius 1 is 1.00 bits per heavy atom. The number of nitrogens with one attached hydrogen (secondary N) is 1. The molecule has 0 bridgehead atoms. The summed E-state index contributed by atoms with van der Waals surface area (Å²) in [7, 11) is -4.03. The van der Waals surface area contributed by atoms with Gasteiger partial charge in [0.2, 0.25) is 0 Å². The van der Waals surface area contributed by atoms with E-state index >= 15 is 0 Å². The number of ether oxygens (including phenoxy) is 1. The Morgan fingerprint density at radius 2 is 1.61 bits per heavy atom. The van der Waals surface area contributed by atoms with Crippen molar-refractivity contribution in [3.05, 3.63) is 53.1 Å². The Hall–Kier alpha value is -1.79. The van der Waals surface area contributed by atoms with Gasteiger partial charge in [0.25, 0.3) is 0 Å². The minimum Gasteiger partial charge on any atom is -0.414 e. The van der Waals surface area contributed by atoms with Gasteiger partial charge in [0.15, 0.2) is 22.9 Å². The third-order valence-corrected chi connectivity index (χ3v) is 17.0. The smallest absolute Gasteiger partial charge is 0.351 e. The topological polar surface area (TPSA) is 74.6 Å². The molecule has 0 aliphatic carbocycles. The second kappa shape index (κ2) is 10.5. The molecule has 1 aromatic heterocycles. The highest BCUT2D eigenvalue weighted by Gasteiger charge is 2.46. The van der Waals surface area contributed by atoms with Crippen LogP contribution in [0.3, 0.4) is 0 Å². The molecule has 0 saturated carbocycles. The third-order valence-electron chi connectivity index (χ3n) is 7.98. The summed E-state index contributed by atoms with van der Waals surface area (Å²) < 4.78 is 21.3. The number of rotatable bonds is 8. The van der Waals surface area contributed by atoms with Crippen molar-refractivity contribution in [2.45, 2.75) is 103 Å². The monoisotopic (exact) mass is 531 g/mol. The molecule has 1 saturated heterocycles. The zero-order valence-electron chi connectivity index (χ0n) is 23.7. The molecule has 0 radical (unpaired) electrons. The fraction of sp³-hybridized carbons (Fsp3) is 0.630. The van der Waals surface area contributed by atoms with Crippen LogP contribution in [0.4, 0.5) is 11.5 Å². The summed E-state index contributed by atoms with van der Waals surface area (Å²) in [6.07, 6.45) is 1.50. The quantitative estimate of drug-likeness (QED) is 0.383. The van der Waals surface area contributed by atoms with Crippen LogP contribution in [0.2, 0.25) is 36.3 Å². The molecule has 7 nitrogen and oxygen atoms in total. The average molecular weight is 532 g/mol. The van der Waals surface area contributed by atoms with Crippen LogP contribution in [-0.4, -0.2) is 45.0 Å². The van der Waals surface area contributed by atoms with Crippen molar-refractivity contribution in [1.82, 2.24) is 9.55 Å². The van der Waals surface area contributed by atoms with Gasteiger partial charge in [0.05, 0.1) is 18.8 Å². The molecular formula is C27H45N3O4Si2. The van der Waals surface area contributed by atoms with Crippen molar-refractivity contribution in [1.29, 1.82) is 0 Å². The summed E-state index contributed by atoms with van der Waals surface area (Å²) >= 11 is 0. The number of nitrogens with zero attached hydrogens (tertiary/aromatic N) is 2. The maximum atomic E-state index is 13.1. The van der Waals surface area contributed by atoms with E-state index in [-0.39, 0.29) is 28.0 Å². The van der Waals surface area contributed by atoms with Gasteiger partial charge >= 0.3 is 5.69 Å². The molecule has 3 rings (SSSR count). The van der Waals surface area contributed by atoms with Crippen LogP contribution in [0, 0.1) is 0 Å². The highest BCUT2D eigenvalue weighted by Crippen LogP contribution is 2.42. The minimum absolute atomic E-state index is 0.0416. The van der Waals surface area contributed by atoms with Crippen LogP contribution >= 0.6 is 0 Å². The van der Waals surface area contributed by atoms with E-state index in [2.05, 4.69) is 78.0 Å². The number of hydrogen-bond donors (Lipinski definition) is 1. The molecule has 1 aliphatic heterocycles. The van der Waals surface area contributed by atoms with Crippen molar-refractivity contribution in [2.24, 2.45) is 0 Å². The van der Waals surface area contributed by atoms with Gasteiger partial charge in [-0.15, -0.1) is 0 Å². The van der Waals surface area contributed by atoms with Crippen molar-refractivity contribution < 1.29 is 13.6 Å². The highest BCUT2D eigenvalue weighted by atomic mass is 28.4. The summed E-state index contributed by atoms with van der Waals surface area (Å²) in [6.45, 7) is 22.8. The van der Waals surface area contributed by atoms with E-state index in [0.717, 1.165) is 5.69 Å². The summed E-state index contributed by atoms with van der Waals surface area (Å²) in [6, 6.07) is 11.5. The van der Waals surface area contributed by atoms with Crippen molar-refractivity contribution in [2.75, 3.05) is 11.9 Å². The number of aromatic nitrogens is 2. The van der Waals surface area contributed by atoms with Gasteiger partial charge in [-0.3, -0.25) is 4.57 Å². The summed E-state index contributed by atoms with van der Waals surface area (Å²) in [5.74, 6) is 0.500. The second-order valence-corrected chi connectivity index (χ2v) is 22.4. The fourth-order valence-corrected chi connectivity index (χ4v) is 5.95. The molecule has 0 amide bonds. The first-order valence-corrected chi connectivity index (χ1v) is 18.7. The SMILES string of the molecule is CC(C)(C)[Si](C)(C)OC[C@H]1C[C@@H](O[Si](C)(C)C(C)(C)C)[C@H](n2ccc(Nc3ccccc3)nc2=O)O1. The number of anilines is 2. The molecule has 200 valence electrons. The van der Waals surface area contributed by atoms with Gasteiger partial charge in [-0.1, -0.05) is 59.7 Å². The molecule has 3 atom stereocenters. The predicted octanol–water partition coefficient (Wildman–Crippen LogP) is 6.69. The Morgan fingerprint density at radius 3 is 2.17 bits per heavy atom. The van der Waals surface area contributed by atoms with E-state index in [9.17, 15) is 4.79 Å². The normalized spacial score (nSPS) is 21.6. The minimum atomic E-state index is -2.10. The molecule has 1 aliphatic rings. The first-order valence-electron chi connectivity index (χ1n) is 12.9. The van der Waals surface area contributed by atoms with Crippen molar-refractivity contribution in [3.8, 4) is 0 Å². The summed E-state index contributed by atoms with van der Waals surface area (Å²) in [5.41, 5.74) is 0.511. The highest BCUT2D eigenvalue weighted by molar-refractivity contribution is 6.74. The molecule has 1 N–H and O–H groups in total. The molecule has 36 heavy (non-hydrogen) atoms. The maximum absolute atomic E-state index is 13.1. The first-order chi connectivity index (χ1) is 16.5. The van der Waals surface area contributed by atoms with Crippen LogP contribution in [0.25, 0.3) is 0 Å². The molecule has 1 aromatic carbocycles. The molecule has 0 unspecified atom stereocenters. The molecule has 2 heterocycles. The fourth-order valence-electron chi connectivity index (χ4n) is 3.59. The lowest BCUT2D eigenvalue weighted by Crippen LogP contribution is -2.46. The largest absolute Gasteiger partial charge is 0.414 e. The third kappa shape index (κ3) is 6.75. The average Bonchev–Trinajstić information content (AvgIpc) is 3.13. The summed E-state index contributed by atoms with van der Waals surface area (Å²) in [4.78, 5) is 17.4. The van der Waals surface area contributed by atoms with Crippen molar-refractivity contribution >= 4 is 28.1 Å². The number of hydrogen-bond acceptors (Lipinski definition) is 6. The van der Waals surface area contributed by atoms with E-state index < -0.39 is 22.9 Å². The maximum Gasteiger partial charge on any atom is 0.351 e. The lowest BCUT2D eigenvalue weighted by Gasteiger charge is -2.39. The zero-order chi connectivity index (χ0) is 26.9.